The zero-order valence-corrected chi connectivity index (χ0v) is 11.5. The van der Waals surface area contributed by atoms with Gasteiger partial charge in [0, 0.05) is 11.8 Å². The van der Waals surface area contributed by atoms with Crippen LogP contribution in [0.1, 0.15) is 13.3 Å². The van der Waals surface area contributed by atoms with Gasteiger partial charge in [0.05, 0.1) is 25.7 Å². The van der Waals surface area contributed by atoms with Crippen LogP contribution in [-0.2, 0) is 14.3 Å². The van der Waals surface area contributed by atoms with E-state index in [1.807, 2.05) is 0 Å². The van der Waals surface area contributed by atoms with E-state index >= 15 is 0 Å². The SMILES string of the molecule is COc1cccc(N2CC(C)(CC(=O)O)OCC2=O)c1. The molecule has 1 aliphatic heterocycles. The highest BCUT2D eigenvalue weighted by molar-refractivity contribution is 5.95. The molecular weight excluding hydrogens is 262 g/mol. The highest BCUT2D eigenvalue weighted by atomic mass is 16.5. The smallest absolute Gasteiger partial charge is 0.306 e. The van der Waals surface area contributed by atoms with Gasteiger partial charge < -0.3 is 19.5 Å². The van der Waals surface area contributed by atoms with E-state index in [2.05, 4.69) is 0 Å². The number of rotatable bonds is 4. The molecule has 0 saturated carbocycles. The Balaban J connectivity index is 2.24. The molecule has 6 nitrogen and oxygen atoms in total. The summed E-state index contributed by atoms with van der Waals surface area (Å²) in [5.41, 5.74) is -0.211. The van der Waals surface area contributed by atoms with Crippen LogP contribution >= 0.6 is 0 Å². The first-order valence-electron chi connectivity index (χ1n) is 6.24. The summed E-state index contributed by atoms with van der Waals surface area (Å²) >= 11 is 0. The van der Waals surface area contributed by atoms with E-state index in [-0.39, 0.29) is 25.5 Å². The van der Waals surface area contributed by atoms with Gasteiger partial charge >= 0.3 is 5.97 Å². The molecule has 0 radical (unpaired) electrons. The first-order valence-corrected chi connectivity index (χ1v) is 6.24. The topological polar surface area (TPSA) is 76.1 Å². The van der Waals surface area contributed by atoms with E-state index in [4.69, 9.17) is 14.6 Å². The molecule has 1 aromatic carbocycles. The third kappa shape index (κ3) is 3.08. The Morgan fingerprint density at radius 1 is 1.55 bits per heavy atom. The number of benzene rings is 1. The maximum Gasteiger partial charge on any atom is 0.306 e. The first-order chi connectivity index (χ1) is 9.43. The largest absolute Gasteiger partial charge is 0.497 e. The molecular formula is C14H17NO5. The van der Waals surface area contributed by atoms with Crippen molar-refractivity contribution >= 4 is 17.6 Å². The molecule has 1 unspecified atom stereocenters. The van der Waals surface area contributed by atoms with Crippen LogP contribution in [0.5, 0.6) is 5.75 Å². The predicted octanol–water partition coefficient (Wildman–Crippen LogP) is 1.29. The molecule has 1 aliphatic rings. The molecule has 0 spiro atoms. The number of morpholine rings is 1. The monoisotopic (exact) mass is 279 g/mol. The Hall–Kier alpha value is -2.08. The molecule has 6 heteroatoms. The normalized spacial score (nSPS) is 22.7. The summed E-state index contributed by atoms with van der Waals surface area (Å²) in [6, 6.07) is 7.09. The third-order valence-corrected chi connectivity index (χ3v) is 3.23. The number of hydrogen-bond acceptors (Lipinski definition) is 4. The van der Waals surface area contributed by atoms with E-state index < -0.39 is 11.6 Å². The number of carbonyl (C=O) groups is 2. The molecule has 0 aromatic heterocycles. The lowest BCUT2D eigenvalue weighted by Gasteiger charge is -2.39. The molecule has 1 atom stereocenters. The van der Waals surface area contributed by atoms with E-state index in [9.17, 15) is 9.59 Å². The molecule has 108 valence electrons. The van der Waals surface area contributed by atoms with Crippen LogP contribution in [-0.4, -0.2) is 42.8 Å². The highest BCUT2D eigenvalue weighted by Gasteiger charge is 2.38. The van der Waals surface area contributed by atoms with Crippen molar-refractivity contribution in [2.45, 2.75) is 18.9 Å². The van der Waals surface area contributed by atoms with Gasteiger partial charge in [0.25, 0.3) is 5.91 Å². The van der Waals surface area contributed by atoms with Gasteiger partial charge in [-0.1, -0.05) is 6.07 Å². The van der Waals surface area contributed by atoms with Crippen molar-refractivity contribution in [2.24, 2.45) is 0 Å². The molecule has 1 aromatic rings. The minimum Gasteiger partial charge on any atom is -0.497 e. The summed E-state index contributed by atoms with van der Waals surface area (Å²) in [6.45, 7) is 1.77. The van der Waals surface area contributed by atoms with E-state index in [1.54, 1.807) is 38.3 Å². The van der Waals surface area contributed by atoms with Crippen LogP contribution in [0, 0.1) is 0 Å². The molecule has 2 rings (SSSR count). The highest BCUT2D eigenvalue weighted by Crippen LogP contribution is 2.28. The second-order valence-corrected chi connectivity index (χ2v) is 4.99. The average Bonchev–Trinajstić information content (AvgIpc) is 2.41. The second kappa shape index (κ2) is 5.50. The Kier molecular flexibility index (Phi) is 3.94. The third-order valence-electron chi connectivity index (χ3n) is 3.23. The zero-order chi connectivity index (χ0) is 14.8. The number of amides is 1. The molecule has 0 bridgehead atoms. The van der Waals surface area contributed by atoms with Gasteiger partial charge in [0.1, 0.15) is 12.4 Å². The summed E-state index contributed by atoms with van der Waals surface area (Å²) in [4.78, 5) is 24.4. The molecule has 20 heavy (non-hydrogen) atoms. The summed E-state index contributed by atoms with van der Waals surface area (Å²) < 4.78 is 10.5. The standard InChI is InChI=1S/C14H17NO5/c1-14(7-13(17)18)9-15(12(16)8-20-14)10-4-3-5-11(6-10)19-2/h3-6H,7-9H2,1-2H3,(H,17,18). The lowest BCUT2D eigenvalue weighted by molar-refractivity contribution is -0.151. The van der Waals surface area contributed by atoms with Gasteiger partial charge in [-0.3, -0.25) is 9.59 Å². The first kappa shape index (κ1) is 14.3. The summed E-state index contributed by atoms with van der Waals surface area (Å²) in [5.74, 6) is -0.504. The van der Waals surface area contributed by atoms with Crippen molar-refractivity contribution in [3.8, 4) is 5.75 Å². The maximum absolute atomic E-state index is 12.0. The molecule has 0 aliphatic carbocycles. The van der Waals surface area contributed by atoms with Gasteiger partial charge in [-0.15, -0.1) is 0 Å². The van der Waals surface area contributed by atoms with E-state index in [1.165, 1.54) is 4.90 Å². The number of aliphatic carboxylic acids is 1. The van der Waals surface area contributed by atoms with Crippen LogP contribution in [0.3, 0.4) is 0 Å². The van der Waals surface area contributed by atoms with Gasteiger partial charge in [-0.25, -0.2) is 0 Å². The molecule has 1 fully saturated rings. The number of ether oxygens (including phenoxy) is 2. The Labute approximate surface area is 116 Å². The lowest BCUT2D eigenvalue weighted by Crippen LogP contribution is -2.54. The molecule has 1 N–H and O–H groups in total. The van der Waals surface area contributed by atoms with Crippen LogP contribution in [0.25, 0.3) is 0 Å². The second-order valence-electron chi connectivity index (χ2n) is 4.99. The van der Waals surface area contributed by atoms with Gasteiger partial charge in [-0.2, -0.15) is 0 Å². The number of methoxy groups -OCH3 is 1. The number of nitrogens with zero attached hydrogens (tertiary/aromatic N) is 1. The number of carbonyl (C=O) groups excluding carboxylic acids is 1. The fraction of sp³-hybridized carbons (Fsp3) is 0.429. The van der Waals surface area contributed by atoms with Crippen molar-refractivity contribution in [3.05, 3.63) is 24.3 Å². The number of carboxylic acids is 1. The summed E-state index contributed by atoms with van der Waals surface area (Å²) in [7, 11) is 1.55. The van der Waals surface area contributed by atoms with Crippen molar-refractivity contribution in [1.82, 2.24) is 0 Å². The van der Waals surface area contributed by atoms with Crippen molar-refractivity contribution in [1.29, 1.82) is 0 Å². The molecule has 1 heterocycles. The molecule has 1 saturated heterocycles. The van der Waals surface area contributed by atoms with Crippen LogP contribution in [0.2, 0.25) is 0 Å². The number of hydrogen-bond donors (Lipinski definition) is 1. The number of carboxylic acid groups (broad SMARTS) is 1. The molecule has 1 amide bonds. The van der Waals surface area contributed by atoms with Crippen molar-refractivity contribution in [2.75, 3.05) is 25.2 Å². The quantitative estimate of drug-likeness (QED) is 0.898. The maximum atomic E-state index is 12.0. The van der Waals surface area contributed by atoms with Crippen molar-refractivity contribution in [3.63, 3.8) is 0 Å². The Bertz CT molecular complexity index is 530. The average molecular weight is 279 g/mol. The van der Waals surface area contributed by atoms with Gasteiger partial charge in [-0.05, 0) is 19.1 Å². The minimum atomic E-state index is -0.951. The Morgan fingerprint density at radius 3 is 2.95 bits per heavy atom. The summed E-state index contributed by atoms with van der Waals surface area (Å²) in [5, 5.41) is 8.93. The van der Waals surface area contributed by atoms with Gasteiger partial charge in [0.15, 0.2) is 0 Å². The van der Waals surface area contributed by atoms with E-state index in [0.717, 1.165) is 0 Å². The predicted molar refractivity (Wildman–Crippen MR) is 72.0 cm³/mol. The lowest BCUT2D eigenvalue weighted by atomic mass is 9.99. The fourth-order valence-electron chi connectivity index (χ4n) is 2.22. The Morgan fingerprint density at radius 2 is 2.30 bits per heavy atom. The zero-order valence-electron chi connectivity index (χ0n) is 11.5. The van der Waals surface area contributed by atoms with Crippen LogP contribution in [0.15, 0.2) is 24.3 Å². The van der Waals surface area contributed by atoms with Crippen LogP contribution < -0.4 is 9.64 Å². The van der Waals surface area contributed by atoms with Crippen LogP contribution in [0.4, 0.5) is 5.69 Å². The summed E-state index contributed by atoms with van der Waals surface area (Å²) in [6.07, 6.45) is -0.152. The fourth-order valence-corrected chi connectivity index (χ4v) is 2.22. The van der Waals surface area contributed by atoms with E-state index in [0.29, 0.717) is 11.4 Å². The van der Waals surface area contributed by atoms with Crippen molar-refractivity contribution < 1.29 is 24.2 Å². The minimum absolute atomic E-state index is 0.124. The number of anilines is 1. The van der Waals surface area contributed by atoms with Gasteiger partial charge in [0.2, 0.25) is 0 Å².